The van der Waals surface area contributed by atoms with Gasteiger partial charge in [0.1, 0.15) is 23.8 Å². The van der Waals surface area contributed by atoms with E-state index < -0.39 is 47.6 Å². The van der Waals surface area contributed by atoms with Gasteiger partial charge in [-0.25, -0.2) is 14.4 Å². The van der Waals surface area contributed by atoms with Crippen molar-refractivity contribution in [1.29, 1.82) is 0 Å². The Balaban J connectivity index is 0.647. The summed E-state index contributed by atoms with van der Waals surface area (Å²) in [6.07, 6.45) is 7.68. The molecule has 0 saturated carbocycles. The first-order valence-electron chi connectivity index (χ1n) is 28.5. The normalized spacial score (nSPS) is 19.3. The van der Waals surface area contributed by atoms with Crippen molar-refractivity contribution >= 4 is 63.0 Å². The maximum atomic E-state index is 14.5. The van der Waals surface area contributed by atoms with Crippen molar-refractivity contribution in [2.45, 2.75) is 148 Å². The molecule has 81 heavy (non-hydrogen) atoms. The second kappa shape index (κ2) is 26.7. The number of piperazine rings is 1. The lowest BCUT2D eigenvalue weighted by Crippen LogP contribution is -2.60. The molecule has 5 amide bonds. The zero-order chi connectivity index (χ0) is 57.4. The number of unbranched alkanes of at least 4 members (excludes halogenated alkanes) is 5. The number of nitrogens with zero attached hydrogens (tertiary/aromatic N) is 7. The highest BCUT2D eigenvalue weighted by atomic mass is 32.1. The van der Waals surface area contributed by atoms with Gasteiger partial charge in [0.25, 0.3) is 11.8 Å². The van der Waals surface area contributed by atoms with Crippen molar-refractivity contribution in [1.82, 2.24) is 40.2 Å². The number of benzene rings is 3. The monoisotopic (exact) mass is 1150 g/mol. The number of likely N-dealkylation sites (tertiary alicyclic amines) is 1. The molecule has 5 aromatic rings. The van der Waals surface area contributed by atoms with Crippen LogP contribution in [0, 0.1) is 18.2 Å². The standard InChI is InChI=1S/C60H77FN10O8S2/c1-38-53(81-37-64-38)40-15-13-39(14-16-40)34-63-55(76)48-33-45(72)36-70(48)58(79)54(60(2,3)4)65-50(74)11-9-7-5-6-8-10-12-51(75)69-28-26-68(27-29-69)43-21-24-67(25-22-43)44-19-17-41-35-71(57(78)46(41)32-44)52(47-31-42(61)18-20-49(47)73)56(77)66-59-62-23-30-80-59/h13-20,23,30-32,37,43,45,48,52,54,58,72-73,79H,5-12,21-22,24-29,33-36H2,1-4H3,(H,63,76)(H,65,74)(H,62,66,77)/t45-,48+,52?,54-,58?/m1/s1. The fourth-order valence-corrected chi connectivity index (χ4v) is 13.2. The Bertz CT molecular complexity index is 2980. The Kier molecular flexibility index (Phi) is 19.5. The number of aliphatic hydroxyl groups excluding tert-OH is 2. The van der Waals surface area contributed by atoms with E-state index in [4.69, 9.17) is 0 Å². The first-order chi connectivity index (χ1) is 38.9. The molecular formula is C60H77FN10O8S2. The predicted molar refractivity (Wildman–Crippen MR) is 311 cm³/mol. The lowest BCUT2D eigenvalue weighted by atomic mass is 9.84. The average molecular weight is 1150 g/mol. The van der Waals surface area contributed by atoms with Gasteiger partial charge in [-0.3, -0.25) is 39.1 Å². The number of carbonyl (C=O) groups excluding carboxylic acids is 5. The molecule has 2 unspecified atom stereocenters. The van der Waals surface area contributed by atoms with Crippen molar-refractivity contribution in [3.8, 4) is 16.2 Å². The number of aryl methyl sites for hydroxylation is 1. The van der Waals surface area contributed by atoms with E-state index in [0.717, 1.165) is 116 Å². The van der Waals surface area contributed by atoms with Crippen molar-refractivity contribution in [2.24, 2.45) is 5.41 Å². The van der Waals surface area contributed by atoms with E-state index in [-0.39, 0.29) is 54.5 Å². The van der Waals surface area contributed by atoms with E-state index in [0.29, 0.717) is 55.6 Å². The van der Waals surface area contributed by atoms with E-state index in [1.807, 2.05) is 80.6 Å². The second-order valence-corrected chi connectivity index (χ2v) is 24.8. The molecule has 0 spiro atoms. The molecule has 5 atom stereocenters. The quantitative estimate of drug-likeness (QED) is 0.0368. The van der Waals surface area contributed by atoms with Gasteiger partial charge in [0, 0.05) is 106 Å². The SMILES string of the molecule is Cc1ncsc1-c1ccc(CNC(=O)[C@@H]2C[C@@H](O)CN2C(O)[C@@H](NC(=O)CCCCCCCCC(=O)N2CCN(C3CCN(c4ccc5c(c4)C(=O)N(C(C(=O)Nc4nccs4)c4cc(F)ccc4O)C5)CC3)CC2)C(C)(C)C)cc1. The number of phenolic OH excluding ortho intramolecular Hbond substituents is 1. The van der Waals surface area contributed by atoms with E-state index in [2.05, 4.69) is 35.7 Å². The van der Waals surface area contributed by atoms with Crippen LogP contribution in [-0.4, -0.2) is 151 Å². The zero-order valence-electron chi connectivity index (χ0n) is 46.8. The maximum Gasteiger partial charge on any atom is 0.255 e. The van der Waals surface area contributed by atoms with Gasteiger partial charge >= 0.3 is 0 Å². The molecular weight excluding hydrogens is 1070 g/mol. The number of halogens is 1. The Morgan fingerprint density at radius 3 is 2.26 bits per heavy atom. The third-order valence-corrected chi connectivity index (χ3v) is 18.1. The number of hydrogen-bond acceptors (Lipinski definition) is 15. The minimum absolute atomic E-state index is 0.0107. The number of carbonyl (C=O) groups is 5. The maximum absolute atomic E-state index is 14.5. The van der Waals surface area contributed by atoms with Gasteiger partial charge < -0.3 is 40.7 Å². The zero-order valence-corrected chi connectivity index (χ0v) is 48.5. The number of aliphatic hydroxyl groups is 2. The van der Waals surface area contributed by atoms with Gasteiger partial charge in [-0.1, -0.05) is 76.8 Å². The number of β-amino-alcohol motifs (C(OH)–C–C–N with tert-alkyl or cyclic N) is 1. The highest BCUT2D eigenvalue weighted by molar-refractivity contribution is 7.14. The number of fused-ring (bicyclic) bond motifs is 1. The summed E-state index contributed by atoms with van der Waals surface area (Å²) >= 11 is 2.80. The molecule has 3 fully saturated rings. The lowest BCUT2D eigenvalue weighted by Gasteiger charge is -2.43. The van der Waals surface area contributed by atoms with Crippen molar-refractivity contribution < 1.29 is 43.7 Å². The van der Waals surface area contributed by atoms with Crippen LogP contribution in [-0.2, 0) is 32.3 Å². The summed E-state index contributed by atoms with van der Waals surface area (Å²) in [7, 11) is 0. The number of nitrogens with one attached hydrogen (secondary N) is 3. The Hall–Kier alpha value is -6.36. The van der Waals surface area contributed by atoms with Crippen LogP contribution in [0.15, 0.2) is 77.8 Å². The molecule has 18 nitrogen and oxygen atoms in total. The number of amides is 5. The Labute approximate surface area is 481 Å². The summed E-state index contributed by atoms with van der Waals surface area (Å²) in [6.45, 7) is 13.0. The third-order valence-electron chi connectivity index (χ3n) is 16.4. The molecule has 434 valence electrons. The van der Waals surface area contributed by atoms with Gasteiger partial charge in [0.05, 0.1) is 34.3 Å². The van der Waals surface area contributed by atoms with Crippen LogP contribution in [0.1, 0.15) is 130 Å². The molecule has 3 aromatic carbocycles. The van der Waals surface area contributed by atoms with Crippen LogP contribution < -0.4 is 20.9 Å². The number of aromatic hydroxyl groups is 1. The molecule has 0 bridgehead atoms. The van der Waals surface area contributed by atoms with Crippen LogP contribution in [0.4, 0.5) is 15.2 Å². The number of rotatable bonds is 22. The number of hydrogen-bond donors (Lipinski definition) is 6. The fourth-order valence-electron chi connectivity index (χ4n) is 11.8. The number of phenols is 1. The molecule has 3 saturated heterocycles. The van der Waals surface area contributed by atoms with Crippen molar-refractivity contribution in [2.75, 3.05) is 56.0 Å². The number of piperidine rings is 1. The molecule has 21 heteroatoms. The summed E-state index contributed by atoms with van der Waals surface area (Å²) in [6, 6.07) is 14.8. The van der Waals surface area contributed by atoms with Crippen LogP contribution >= 0.6 is 22.7 Å². The molecule has 9 rings (SSSR count). The summed E-state index contributed by atoms with van der Waals surface area (Å²) in [5.74, 6) is -2.17. The Morgan fingerprint density at radius 2 is 1.58 bits per heavy atom. The fraction of sp³-hybridized carbons (Fsp3) is 0.517. The molecule has 0 radical (unpaired) electrons. The lowest BCUT2D eigenvalue weighted by molar-refractivity contribution is -0.135. The number of aromatic nitrogens is 2. The highest BCUT2D eigenvalue weighted by Gasteiger charge is 2.45. The largest absolute Gasteiger partial charge is 0.508 e. The smallest absolute Gasteiger partial charge is 0.255 e. The van der Waals surface area contributed by atoms with Gasteiger partial charge in [0.2, 0.25) is 17.7 Å². The van der Waals surface area contributed by atoms with Crippen molar-refractivity contribution in [3.63, 3.8) is 0 Å². The van der Waals surface area contributed by atoms with Crippen molar-refractivity contribution in [3.05, 3.63) is 112 Å². The average Bonchev–Trinajstić information content (AvgIpc) is 4.37. The van der Waals surface area contributed by atoms with Crippen LogP contribution in [0.2, 0.25) is 0 Å². The molecule has 4 aliphatic heterocycles. The number of anilines is 2. The first kappa shape index (κ1) is 59.3. The summed E-state index contributed by atoms with van der Waals surface area (Å²) in [5.41, 5.74) is 6.36. The summed E-state index contributed by atoms with van der Waals surface area (Å²) in [4.78, 5) is 87.2. The predicted octanol–water partition coefficient (Wildman–Crippen LogP) is 7.59. The highest BCUT2D eigenvalue weighted by Crippen LogP contribution is 2.39. The molecule has 6 heterocycles. The summed E-state index contributed by atoms with van der Waals surface area (Å²) < 4.78 is 14.5. The van der Waals surface area contributed by atoms with E-state index >= 15 is 0 Å². The second-order valence-electron chi connectivity index (χ2n) is 23.1. The van der Waals surface area contributed by atoms with Crippen LogP contribution in [0.3, 0.4) is 0 Å². The molecule has 2 aromatic heterocycles. The minimum atomic E-state index is -1.30. The third kappa shape index (κ3) is 14.6. The minimum Gasteiger partial charge on any atom is -0.508 e. The van der Waals surface area contributed by atoms with Gasteiger partial charge in [-0.15, -0.1) is 22.7 Å². The Morgan fingerprint density at radius 1 is 0.864 bits per heavy atom. The van der Waals surface area contributed by atoms with Gasteiger partial charge in [0.15, 0.2) is 5.13 Å². The van der Waals surface area contributed by atoms with Crippen LogP contribution in [0.25, 0.3) is 10.4 Å². The molecule has 4 aliphatic rings. The van der Waals surface area contributed by atoms with E-state index in [1.165, 1.54) is 22.3 Å². The first-order valence-corrected chi connectivity index (χ1v) is 30.3. The molecule has 6 N–H and O–H groups in total. The topological polar surface area (TPSA) is 224 Å². The molecule has 0 aliphatic carbocycles. The number of thiazole rings is 2. The van der Waals surface area contributed by atoms with E-state index in [9.17, 15) is 43.7 Å². The summed E-state index contributed by atoms with van der Waals surface area (Å²) in [5, 5.41) is 44.0. The van der Waals surface area contributed by atoms with Gasteiger partial charge in [-0.05, 0) is 91.5 Å². The van der Waals surface area contributed by atoms with E-state index in [1.54, 1.807) is 27.8 Å². The van der Waals surface area contributed by atoms with Gasteiger partial charge in [-0.2, -0.15) is 0 Å². The van der Waals surface area contributed by atoms with Crippen LogP contribution in [0.5, 0.6) is 5.75 Å².